The molecule has 0 radical (unpaired) electrons. The first-order valence-corrected chi connectivity index (χ1v) is 7.24. The molecule has 102 valence electrons. The van der Waals surface area contributed by atoms with Crippen molar-refractivity contribution in [3.63, 3.8) is 0 Å². The van der Waals surface area contributed by atoms with Crippen LogP contribution in [-0.2, 0) is 4.74 Å². The maximum absolute atomic E-state index is 11.0. The van der Waals surface area contributed by atoms with Gasteiger partial charge in [0.2, 0.25) is 0 Å². The third-order valence-electron chi connectivity index (χ3n) is 5.16. The van der Waals surface area contributed by atoms with E-state index in [2.05, 4.69) is 19.9 Å². The second-order valence-electron chi connectivity index (χ2n) is 6.46. The molecule has 0 aromatic rings. The zero-order valence-corrected chi connectivity index (χ0v) is 11.6. The lowest BCUT2D eigenvalue weighted by Crippen LogP contribution is -2.48. The van der Waals surface area contributed by atoms with Crippen LogP contribution in [0.25, 0.3) is 0 Å². The number of ether oxygens (including phenoxy) is 1. The third-order valence-corrected chi connectivity index (χ3v) is 5.16. The van der Waals surface area contributed by atoms with Crippen molar-refractivity contribution >= 4 is 0 Å². The molecule has 0 amide bonds. The number of aliphatic hydroxyl groups is 1. The van der Waals surface area contributed by atoms with Gasteiger partial charge in [-0.2, -0.15) is 5.26 Å². The quantitative estimate of drug-likeness (QED) is 0.768. The van der Waals surface area contributed by atoms with Gasteiger partial charge in [-0.15, -0.1) is 0 Å². The highest BCUT2D eigenvalue weighted by molar-refractivity contribution is 5.14. The average molecular weight is 251 g/mol. The van der Waals surface area contributed by atoms with Crippen molar-refractivity contribution in [2.24, 2.45) is 17.3 Å². The van der Waals surface area contributed by atoms with Crippen LogP contribution in [0.15, 0.2) is 0 Å². The lowest BCUT2D eigenvalue weighted by molar-refractivity contribution is -0.0702. The summed E-state index contributed by atoms with van der Waals surface area (Å²) in [6.07, 6.45) is 5.45. The van der Waals surface area contributed by atoms with Gasteiger partial charge < -0.3 is 9.84 Å². The van der Waals surface area contributed by atoms with Gasteiger partial charge in [-0.25, -0.2) is 0 Å². The van der Waals surface area contributed by atoms with Crippen molar-refractivity contribution in [3.05, 3.63) is 0 Å². The van der Waals surface area contributed by atoms with E-state index in [0.29, 0.717) is 31.5 Å². The van der Waals surface area contributed by atoms with Gasteiger partial charge in [0, 0.05) is 6.61 Å². The summed E-state index contributed by atoms with van der Waals surface area (Å²) in [6.45, 7) is 5.54. The Kier molecular flexibility index (Phi) is 3.99. The second kappa shape index (κ2) is 5.19. The Balaban J connectivity index is 2.14. The lowest BCUT2D eigenvalue weighted by atomic mass is 9.68. The van der Waals surface area contributed by atoms with E-state index in [1.54, 1.807) is 0 Å². The molecule has 0 aromatic heterocycles. The SMILES string of the molecule is CC(C)C1CCCC(O)(C2(C#N)CCOC2)CC1. The van der Waals surface area contributed by atoms with Gasteiger partial charge >= 0.3 is 0 Å². The third kappa shape index (κ3) is 2.29. The fourth-order valence-corrected chi connectivity index (χ4v) is 3.62. The van der Waals surface area contributed by atoms with Crippen molar-refractivity contribution in [2.45, 2.75) is 58.0 Å². The summed E-state index contributed by atoms with van der Waals surface area (Å²) in [7, 11) is 0. The lowest BCUT2D eigenvalue weighted by Gasteiger charge is -2.39. The van der Waals surface area contributed by atoms with E-state index < -0.39 is 11.0 Å². The molecule has 1 aliphatic heterocycles. The predicted molar refractivity (Wildman–Crippen MR) is 69.8 cm³/mol. The number of nitrogens with zero attached hydrogens (tertiary/aromatic N) is 1. The van der Waals surface area contributed by atoms with E-state index in [4.69, 9.17) is 4.74 Å². The molecule has 18 heavy (non-hydrogen) atoms. The minimum atomic E-state index is -0.831. The molecule has 1 aliphatic carbocycles. The van der Waals surface area contributed by atoms with Gasteiger partial charge in [0.25, 0.3) is 0 Å². The van der Waals surface area contributed by atoms with Gasteiger partial charge in [-0.05, 0) is 37.5 Å². The van der Waals surface area contributed by atoms with Crippen LogP contribution in [0.5, 0.6) is 0 Å². The molecule has 3 unspecified atom stereocenters. The smallest absolute Gasteiger partial charge is 0.111 e. The van der Waals surface area contributed by atoms with Crippen molar-refractivity contribution in [2.75, 3.05) is 13.2 Å². The first-order valence-electron chi connectivity index (χ1n) is 7.24. The van der Waals surface area contributed by atoms with Gasteiger partial charge in [0.15, 0.2) is 0 Å². The van der Waals surface area contributed by atoms with Crippen molar-refractivity contribution < 1.29 is 9.84 Å². The summed E-state index contributed by atoms with van der Waals surface area (Å²) in [5, 5.41) is 20.5. The molecule has 3 heteroatoms. The molecule has 3 nitrogen and oxygen atoms in total. The highest BCUT2D eigenvalue weighted by atomic mass is 16.5. The second-order valence-corrected chi connectivity index (χ2v) is 6.46. The number of hydrogen-bond acceptors (Lipinski definition) is 3. The average Bonchev–Trinajstić information content (AvgIpc) is 2.75. The van der Waals surface area contributed by atoms with Crippen LogP contribution in [0.2, 0.25) is 0 Å². The minimum Gasteiger partial charge on any atom is -0.388 e. The number of nitriles is 1. The van der Waals surface area contributed by atoms with E-state index in [0.717, 1.165) is 25.7 Å². The summed E-state index contributed by atoms with van der Waals surface area (Å²) >= 11 is 0. The Bertz CT molecular complexity index is 328. The molecular formula is C15H25NO2. The van der Waals surface area contributed by atoms with Crippen LogP contribution in [0, 0.1) is 28.6 Å². The van der Waals surface area contributed by atoms with Crippen LogP contribution in [0.1, 0.15) is 52.4 Å². The largest absolute Gasteiger partial charge is 0.388 e. The van der Waals surface area contributed by atoms with Gasteiger partial charge in [0.1, 0.15) is 5.41 Å². The van der Waals surface area contributed by atoms with Crippen LogP contribution >= 0.6 is 0 Å². The maximum atomic E-state index is 11.0. The van der Waals surface area contributed by atoms with E-state index in [9.17, 15) is 10.4 Å². The summed E-state index contributed by atoms with van der Waals surface area (Å²) in [4.78, 5) is 0. The number of rotatable bonds is 2. The summed E-state index contributed by atoms with van der Waals surface area (Å²) in [5.41, 5.74) is -1.49. The molecule has 2 rings (SSSR count). The fraction of sp³-hybridized carbons (Fsp3) is 0.933. The molecule has 1 heterocycles. The minimum absolute atomic E-state index is 0.409. The fourth-order valence-electron chi connectivity index (χ4n) is 3.62. The van der Waals surface area contributed by atoms with E-state index in [-0.39, 0.29) is 0 Å². The molecule has 0 aromatic carbocycles. The van der Waals surface area contributed by atoms with E-state index in [1.165, 1.54) is 6.42 Å². The number of hydrogen-bond donors (Lipinski definition) is 1. The molecule has 1 saturated carbocycles. The molecule has 3 atom stereocenters. The molecule has 0 bridgehead atoms. The van der Waals surface area contributed by atoms with E-state index in [1.807, 2.05) is 0 Å². The molecule has 2 fully saturated rings. The standard InChI is InChI=1S/C15H25NO2/c1-12(2)13-4-3-6-15(17,7-5-13)14(10-16)8-9-18-11-14/h12-13,17H,3-9,11H2,1-2H3. The Labute approximate surface area is 110 Å². The summed E-state index contributed by atoms with van der Waals surface area (Å²) in [6, 6.07) is 2.38. The first-order chi connectivity index (χ1) is 8.53. The Morgan fingerprint density at radius 1 is 1.28 bits per heavy atom. The van der Waals surface area contributed by atoms with E-state index >= 15 is 0 Å². The zero-order valence-electron chi connectivity index (χ0n) is 11.6. The van der Waals surface area contributed by atoms with Gasteiger partial charge in [-0.1, -0.05) is 26.7 Å². The monoisotopic (exact) mass is 251 g/mol. The first kappa shape index (κ1) is 13.8. The Morgan fingerprint density at radius 3 is 2.61 bits per heavy atom. The van der Waals surface area contributed by atoms with Crippen molar-refractivity contribution in [1.29, 1.82) is 5.26 Å². The molecule has 1 N–H and O–H groups in total. The summed E-state index contributed by atoms with van der Waals surface area (Å²) in [5.74, 6) is 1.36. The zero-order chi connectivity index (χ0) is 13.2. The van der Waals surface area contributed by atoms with Gasteiger partial charge in [-0.3, -0.25) is 0 Å². The van der Waals surface area contributed by atoms with Crippen molar-refractivity contribution in [3.8, 4) is 6.07 Å². The normalized spacial score (nSPS) is 41.6. The van der Waals surface area contributed by atoms with Crippen LogP contribution in [-0.4, -0.2) is 23.9 Å². The topological polar surface area (TPSA) is 53.2 Å². The van der Waals surface area contributed by atoms with Crippen LogP contribution < -0.4 is 0 Å². The highest BCUT2D eigenvalue weighted by Crippen LogP contribution is 2.47. The predicted octanol–water partition coefficient (Wildman–Crippen LogP) is 2.88. The highest BCUT2D eigenvalue weighted by Gasteiger charge is 2.53. The molecule has 1 saturated heterocycles. The van der Waals surface area contributed by atoms with Gasteiger partial charge in [0.05, 0.1) is 18.3 Å². The van der Waals surface area contributed by atoms with Crippen LogP contribution in [0.4, 0.5) is 0 Å². The maximum Gasteiger partial charge on any atom is 0.111 e. The van der Waals surface area contributed by atoms with Crippen LogP contribution in [0.3, 0.4) is 0 Å². The Morgan fingerprint density at radius 2 is 2.06 bits per heavy atom. The Hall–Kier alpha value is -0.590. The van der Waals surface area contributed by atoms with Crippen molar-refractivity contribution in [1.82, 2.24) is 0 Å². The molecule has 2 aliphatic rings. The molecule has 0 spiro atoms. The summed E-state index contributed by atoms with van der Waals surface area (Å²) < 4.78 is 5.40. The molecular weight excluding hydrogens is 226 g/mol.